The first-order valence-electron chi connectivity index (χ1n) is 9.32. The molecule has 142 valence electrons. The molecule has 0 aliphatic carbocycles. The molecule has 0 aromatic heterocycles. The van der Waals surface area contributed by atoms with Gasteiger partial charge in [0.25, 0.3) is 0 Å². The van der Waals surface area contributed by atoms with E-state index < -0.39 is 0 Å². The Bertz CT molecular complexity index is 485. The summed E-state index contributed by atoms with van der Waals surface area (Å²) in [7, 11) is 0. The van der Waals surface area contributed by atoms with Crippen LogP contribution >= 0.6 is 12.4 Å². The van der Waals surface area contributed by atoms with Crippen molar-refractivity contribution in [3.8, 4) is 5.75 Å². The largest absolute Gasteiger partial charge is 0.493 e. The van der Waals surface area contributed by atoms with Gasteiger partial charge >= 0.3 is 0 Å². The Morgan fingerprint density at radius 2 is 1.92 bits per heavy atom. The molecule has 5 heteroatoms. The van der Waals surface area contributed by atoms with E-state index >= 15 is 0 Å². The average Bonchev–Trinajstić information content (AvgIpc) is 2.60. The van der Waals surface area contributed by atoms with Crippen LogP contribution in [0.15, 0.2) is 24.3 Å². The lowest BCUT2D eigenvalue weighted by atomic mass is 9.93. The zero-order valence-electron chi connectivity index (χ0n) is 15.6. The third-order valence-corrected chi connectivity index (χ3v) is 4.48. The summed E-state index contributed by atoms with van der Waals surface area (Å²) in [5, 5.41) is 6.40. The van der Waals surface area contributed by atoms with Crippen molar-refractivity contribution in [1.82, 2.24) is 10.6 Å². The van der Waals surface area contributed by atoms with Crippen molar-refractivity contribution in [2.75, 3.05) is 26.2 Å². The quantitative estimate of drug-likeness (QED) is 0.700. The predicted molar refractivity (Wildman–Crippen MR) is 106 cm³/mol. The molecule has 1 heterocycles. The number of amides is 1. The maximum Gasteiger partial charge on any atom is 0.220 e. The van der Waals surface area contributed by atoms with Gasteiger partial charge in [-0.25, -0.2) is 0 Å². The average molecular weight is 369 g/mol. The second kappa shape index (κ2) is 12.2. The topological polar surface area (TPSA) is 50.4 Å². The Hall–Kier alpha value is -1.26. The molecule has 1 aliphatic rings. The van der Waals surface area contributed by atoms with E-state index in [1.807, 2.05) is 12.1 Å². The van der Waals surface area contributed by atoms with Crippen LogP contribution in [-0.2, 0) is 11.2 Å². The van der Waals surface area contributed by atoms with Gasteiger partial charge in [0.2, 0.25) is 5.91 Å². The maximum absolute atomic E-state index is 11.9. The molecule has 1 saturated heterocycles. The van der Waals surface area contributed by atoms with Gasteiger partial charge in [0.15, 0.2) is 0 Å². The number of carbonyl (C=O) groups excluding carboxylic acids is 1. The third kappa shape index (κ3) is 9.13. The molecule has 2 rings (SSSR count). The zero-order valence-corrected chi connectivity index (χ0v) is 16.4. The van der Waals surface area contributed by atoms with E-state index in [9.17, 15) is 4.79 Å². The summed E-state index contributed by atoms with van der Waals surface area (Å²) in [4.78, 5) is 11.9. The second-order valence-electron chi connectivity index (χ2n) is 7.18. The van der Waals surface area contributed by atoms with Crippen LogP contribution in [0.1, 0.15) is 45.1 Å². The van der Waals surface area contributed by atoms with E-state index in [0.29, 0.717) is 18.9 Å². The van der Waals surface area contributed by atoms with Crippen LogP contribution in [-0.4, -0.2) is 32.1 Å². The highest BCUT2D eigenvalue weighted by Crippen LogP contribution is 2.17. The predicted octanol–water partition coefficient (Wildman–Crippen LogP) is 3.58. The fraction of sp³-hybridized carbons (Fsp3) is 0.650. The number of halogens is 1. The molecule has 0 spiro atoms. The Kier molecular flexibility index (Phi) is 10.6. The van der Waals surface area contributed by atoms with Crippen LogP contribution in [0, 0.1) is 11.8 Å². The SMILES string of the molecule is CC(C)COc1ccc(CCNC(=O)CCC2CCNCC2)cc1.Cl. The van der Waals surface area contributed by atoms with Crippen LogP contribution in [0.4, 0.5) is 0 Å². The first-order valence-corrected chi connectivity index (χ1v) is 9.32. The van der Waals surface area contributed by atoms with Crippen molar-refractivity contribution >= 4 is 18.3 Å². The number of hydrogen-bond donors (Lipinski definition) is 2. The normalized spacial score (nSPS) is 14.8. The Morgan fingerprint density at radius 1 is 1.24 bits per heavy atom. The van der Waals surface area contributed by atoms with Crippen LogP contribution in [0.25, 0.3) is 0 Å². The van der Waals surface area contributed by atoms with Gasteiger partial charge in [-0.2, -0.15) is 0 Å². The van der Waals surface area contributed by atoms with Gasteiger partial charge in [0.05, 0.1) is 6.61 Å². The third-order valence-electron chi connectivity index (χ3n) is 4.48. The second-order valence-corrected chi connectivity index (χ2v) is 7.18. The van der Waals surface area contributed by atoms with E-state index in [1.165, 1.54) is 18.4 Å². The first-order chi connectivity index (χ1) is 11.6. The number of piperidine rings is 1. The molecule has 0 saturated carbocycles. The highest BCUT2D eigenvalue weighted by atomic mass is 35.5. The van der Waals surface area contributed by atoms with Crippen molar-refractivity contribution in [3.05, 3.63) is 29.8 Å². The molecule has 1 amide bonds. The summed E-state index contributed by atoms with van der Waals surface area (Å²) in [6.45, 7) is 7.93. The fourth-order valence-electron chi connectivity index (χ4n) is 2.96. The van der Waals surface area contributed by atoms with Gasteiger partial charge in [0.1, 0.15) is 5.75 Å². The van der Waals surface area contributed by atoms with E-state index in [1.54, 1.807) is 0 Å². The molecular weight excluding hydrogens is 336 g/mol. The highest BCUT2D eigenvalue weighted by Gasteiger charge is 2.14. The molecule has 1 fully saturated rings. The van der Waals surface area contributed by atoms with Gasteiger partial charge in [-0.3, -0.25) is 4.79 Å². The Labute approximate surface area is 158 Å². The number of hydrogen-bond acceptors (Lipinski definition) is 3. The van der Waals surface area contributed by atoms with Crippen molar-refractivity contribution in [1.29, 1.82) is 0 Å². The molecule has 0 bridgehead atoms. The molecule has 0 unspecified atom stereocenters. The maximum atomic E-state index is 11.9. The summed E-state index contributed by atoms with van der Waals surface area (Å²) in [6, 6.07) is 8.18. The molecule has 4 nitrogen and oxygen atoms in total. The summed E-state index contributed by atoms with van der Waals surface area (Å²) in [6.07, 6.45) is 4.96. The van der Waals surface area contributed by atoms with Crippen LogP contribution in [0.2, 0.25) is 0 Å². The van der Waals surface area contributed by atoms with Crippen LogP contribution in [0.3, 0.4) is 0 Å². The zero-order chi connectivity index (χ0) is 17.2. The number of carbonyl (C=O) groups is 1. The Morgan fingerprint density at radius 3 is 2.56 bits per heavy atom. The number of ether oxygens (including phenoxy) is 1. The molecule has 25 heavy (non-hydrogen) atoms. The van der Waals surface area contributed by atoms with Gasteiger partial charge < -0.3 is 15.4 Å². The lowest BCUT2D eigenvalue weighted by Crippen LogP contribution is -2.30. The minimum Gasteiger partial charge on any atom is -0.493 e. The molecule has 1 aromatic rings. The van der Waals surface area contributed by atoms with Gasteiger partial charge in [-0.15, -0.1) is 12.4 Å². The van der Waals surface area contributed by atoms with Crippen molar-refractivity contribution in [2.45, 2.75) is 46.0 Å². The molecular formula is C20H33ClN2O2. The molecule has 1 aliphatic heterocycles. The molecule has 1 aromatic carbocycles. The lowest BCUT2D eigenvalue weighted by Gasteiger charge is -2.22. The molecule has 0 atom stereocenters. The van der Waals surface area contributed by atoms with Crippen molar-refractivity contribution in [2.24, 2.45) is 11.8 Å². The lowest BCUT2D eigenvalue weighted by molar-refractivity contribution is -0.121. The number of benzene rings is 1. The molecule has 2 N–H and O–H groups in total. The minimum absolute atomic E-state index is 0. The van der Waals surface area contributed by atoms with E-state index in [2.05, 4.69) is 36.6 Å². The molecule has 0 radical (unpaired) electrons. The standard InChI is InChI=1S/C20H32N2O2.ClH/c1-16(2)15-24-19-6-3-17(4-7-19)11-14-22-20(23)8-5-18-9-12-21-13-10-18;/h3-4,6-7,16,18,21H,5,8-15H2,1-2H3,(H,22,23);1H. The number of rotatable bonds is 9. The van der Waals surface area contributed by atoms with Crippen LogP contribution < -0.4 is 15.4 Å². The summed E-state index contributed by atoms with van der Waals surface area (Å²) >= 11 is 0. The minimum atomic E-state index is 0. The summed E-state index contributed by atoms with van der Waals surface area (Å²) in [5.41, 5.74) is 1.23. The highest BCUT2D eigenvalue weighted by molar-refractivity contribution is 5.85. The van der Waals surface area contributed by atoms with Crippen LogP contribution in [0.5, 0.6) is 5.75 Å². The monoisotopic (exact) mass is 368 g/mol. The van der Waals surface area contributed by atoms with Gasteiger partial charge in [0, 0.05) is 13.0 Å². The van der Waals surface area contributed by atoms with Gasteiger partial charge in [-0.1, -0.05) is 26.0 Å². The first kappa shape index (κ1) is 21.8. The van der Waals surface area contributed by atoms with Gasteiger partial charge in [-0.05, 0) is 68.3 Å². The summed E-state index contributed by atoms with van der Waals surface area (Å²) in [5.74, 6) is 2.35. The number of nitrogens with one attached hydrogen (secondary N) is 2. The van der Waals surface area contributed by atoms with Crippen molar-refractivity contribution < 1.29 is 9.53 Å². The van der Waals surface area contributed by atoms with E-state index in [0.717, 1.165) is 44.2 Å². The fourth-order valence-corrected chi connectivity index (χ4v) is 2.96. The Balaban J connectivity index is 0.00000312. The van der Waals surface area contributed by atoms with Crippen molar-refractivity contribution in [3.63, 3.8) is 0 Å². The summed E-state index contributed by atoms with van der Waals surface area (Å²) < 4.78 is 5.68. The smallest absolute Gasteiger partial charge is 0.220 e. The van der Waals surface area contributed by atoms with E-state index in [-0.39, 0.29) is 18.3 Å². The van der Waals surface area contributed by atoms with E-state index in [4.69, 9.17) is 4.74 Å².